The zero-order chi connectivity index (χ0) is 21.6. The van der Waals surface area contributed by atoms with E-state index in [1.54, 1.807) is 26.0 Å². The van der Waals surface area contributed by atoms with Crippen molar-refractivity contribution < 1.29 is 19.1 Å². The second-order valence-corrected chi connectivity index (χ2v) is 7.19. The summed E-state index contributed by atoms with van der Waals surface area (Å²) in [5, 5.41) is 9.36. The van der Waals surface area contributed by atoms with E-state index in [9.17, 15) is 14.9 Å². The van der Waals surface area contributed by atoms with Crippen LogP contribution >= 0.6 is 0 Å². The van der Waals surface area contributed by atoms with Crippen LogP contribution in [0, 0.1) is 17.2 Å². The second-order valence-electron chi connectivity index (χ2n) is 7.19. The molecule has 1 aliphatic heterocycles. The number of nitrogens with zero attached hydrogens (tertiary/aromatic N) is 2. The molecule has 6 nitrogen and oxygen atoms in total. The molecule has 6 heteroatoms. The third kappa shape index (κ3) is 5.05. The fourth-order valence-electron chi connectivity index (χ4n) is 2.99. The van der Waals surface area contributed by atoms with Crippen molar-refractivity contribution >= 4 is 17.9 Å². The largest absolute Gasteiger partial charge is 0.490 e. The normalized spacial score (nSPS) is 15.9. The molecule has 0 fully saturated rings. The van der Waals surface area contributed by atoms with Crippen molar-refractivity contribution in [3.05, 3.63) is 40.5 Å². The fourth-order valence-corrected chi connectivity index (χ4v) is 2.99. The molecule has 154 valence electrons. The van der Waals surface area contributed by atoms with Gasteiger partial charge in [-0.25, -0.2) is 0 Å². The summed E-state index contributed by atoms with van der Waals surface area (Å²) >= 11 is 0. The average molecular weight is 396 g/mol. The molecule has 0 unspecified atom stereocenters. The van der Waals surface area contributed by atoms with Crippen LogP contribution in [-0.2, 0) is 9.59 Å². The Morgan fingerprint density at radius 1 is 1.14 bits per heavy atom. The highest BCUT2D eigenvalue weighted by molar-refractivity contribution is 6.19. The highest BCUT2D eigenvalue weighted by Crippen LogP contribution is 2.32. The Morgan fingerprint density at radius 2 is 1.86 bits per heavy atom. The molecule has 0 aromatic heterocycles. The Labute approximate surface area is 172 Å². The lowest BCUT2D eigenvalue weighted by Gasteiger charge is -2.26. The van der Waals surface area contributed by atoms with Crippen LogP contribution in [0.15, 0.2) is 34.9 Å². The van der Waals surface area contributed by atoms with Gasteiger partial charge in [0.15, 0.2) is 11.5 Å². The number of amides is 2. The predicted molar refractivity (Wildman–Crippen MR) is 111 cm³/mol. The number of ether oxygens (including phenoxy) is 2. The number of rotatable bonds is 8. The minimum atomic E-state index is -0.543. The number of carbonyl (C=O) groups is 2. The lowest BCUT2D eigenvalue weighted by atomic mass is 9.93. The summed E-state index contributed by atoms with van der Waals surface area (Å²) in [4.78, 5) is 26.2. The van der Waals surface area contributed by atoms with E-state index < -0.39 is 11.8 Å². The van der Waals surface area contributed by atoms with Crippen molar-refractivity contribution in [1.29, 1.82) is 5.26 Å². The first kappa shape index (κ1) is 22.2. The van der Waals surface area contributed by atoms with Crippen LogP contribution in [0.4, 0.5) is 0 Å². The Balaban J connectivity index is 2.43. The highest BCUT2D eigenvalue weighted by atomic mass is 16.5. The lowest BCUT2D eigenvalue weighted by Crippen LogP contribution is -2.42. The van der Waals surface area contributed by atoms with Gasteiger partial charge in [-0.1, -0.05) is 19.9 Å². The van der Waals surface area contributed by atoms with Crippen LogP contribution < -0.4 is 9.47 Å². The number of benzene rings is 1. The molecule has 0 radical (unpaired) electrons. The number of likely N-dealkylation sites (N-methyl/N-ethyl adjacent to an activating group) is 1. The molecule has 2 rings (SSSR count). The van der Waals surface area contributed by atoms with Gasteiger partial charge >= 0.3 is 0 Å². The van der Waals surface area contributed by atoms with Gasteiger partial charge in [-0.15, -0.1) is 0 Å². The van der Waals surface area contributed by atoms with Crippen molar-refractivity contribution in [3.8, 4) is 17.6 Å². The van der Waals surface area contributed by atoms with E-state index in [1.165, 1.54) is 0 Å². The summed E-state index contributed by atoms with van der Waals surface area (Å²) < 4.78 is 11.6. The summed E-state index contributed by atoms with van der Waals surface area (Å²) in [5.41, 5.74) is 1.45. The monoisotopic (exact) mass is 396 g/mol. The third-order valence-corrected chi connectivity index (χ3v) is 4.67. The van der Waals surface area contributed by atoms with Gasteiger partial charge in [0.1, 0.15) is 11.6 Å². The van der Waals surface area contributed by atoms with Crippen molar-refractivity contribution in [2.75, 3.05) is 19.8 Å². The summed E-state index contributed by atoms with van der Waals surface area (Å²) in [5.74, 6) is 0.849. The number of carbonyl (C=O) groups excluding carboxylic acids is 2. The van der Waals surface area contributed by atoms with Crippen LogP contribution in [-0.4, -0.2) is 36.5 Å². The van der Waals surface area contributed by atoms with E-state index in [2.05, 4.69) is 13.8 Å². The molecule has 0 aliphatic carbocycles. The van der Waals surface area contributed by atoms with Gasteiger partial charge in [-0.05, 0) is 62.5 Å². The van der Waals surface area contributed by atoms with Gasteiger partial charge in [0, 0.05) is 12.1 Å². The van der Waals surface area contributed by atoms with E-state index >= 15 is 0 Å². The van der Waals surface area contributed by atoms with Gasteiger partial charge in [0.05, 0.1) is 13.2 Å². The van der Waals surface area contributed by atoms with E-state index in [-0.39, 0.29) is 12.1 Å². The zero-order valence-corrected chi connectivity index (χ0v) is 17.7. The third-order valence-electron chi connectivity index (χ3n) is 4.67. The van der Waals surface area contributed by atoms with Crippen LogP contribution in [0.25, 0.3) is 6.08 Å². The van der Waals surface area contributed by atoms with Gasteiger partial charge in [-0.2, -0.15) is 5.26 Å². The van der Waals surface area contributed by atoms with Crippen molar-refractivity contribution in [2.24, 2.45) is 5.92 Å². The van der Waals surface area contributed by atoms with Crippen molar-refractivity contribution in [3.63, 3.8) is 0 Å². The summed E-state index contributed by atoms with van der Waals surface area (Å²) in [7, 11) is 0. The molecule has 1 heterocycles. The number of hydrogen-bond acceptors (Lipinski definition) is 5. The molecule has 0 saturated carbocycles. The molecule has 0 saturated heterocycles. The first-order valence-electron chi connectivity index (χ1n) is 9.92. The molecular weight excluding hydrogens is 368 g/mol. The quantitative estimate of drug-likeness (QED) is 0.488. The maximum atomic E-state index is 12.8. The van der Waals surface area contributed by atoms with Crippen LogP contribution in [0.3, 0.4) is 0 Å². The molecule has 1 aliphatic rings. The standard InChI is InChI=1S/C23H28N2O4/c1-6-25-22(26)18(16(5)19(14-24)23(25)27)12-17-8-9-20(21(13-17)28-7-2)29-11-10-15(3)4/h8-9,12-13,15H,6-7,10-11H2,1-5H3/b18-12+. The first-order chi connectivity index (χ1) is 13.8. The molecule has 0 atom stereocenters. The van der Waals surface area contributed by atoms with Crippen molar-refractivity contribution in [2.45, 2.75) is 41.0 Å². The van der Waals surface area contributed by atoms with Crippen LogP contribution in [0.5, 0.6) is 11.5 Å². The summed E-state index contributed by atoms with van der Waals surface area (Å²) in [6.07, 6.45) is 2.62. The van der Waals surface area contributed by atoms with E-state index in [1.807, 2.05) is 25.1 Å². The number of imide groups is 1. The second kappa shape index (κ2) is 9.92. The lowest BCUT2D eigenvalue weighted by molar-refractivity contribution is -0.140. The van der Waals surface area contributed by atoms with Crippen LogP contribution in [0.1, 0.15) is 46.6 Å². The smallest absolute Gasteiger partial charge is 0.271 e. The highest BCUT2D eigenvalue weighted by Gasteiger charge is 2.34. The minimum Gasteiger partial charge on any atom is -0.490 e. The Bertz CT molecular complexity index is 891. The van der Waals surface area contributed by atoms with Gasteiger partial charge in [0.2, 0.25) is 0 Å². The van der Waals surface area contributed by atoms with E-state index in [0.717, 1.165) is 16.9 Å². The summed E-state index contributed by atoms with van der Waals surface area (Å²) in [6.45, 7) is 10.8. The van der Waals surface area contributed by atoms with Crippen LogP contribution in [0.2, 0.25) is 0 Å². The van der Waals surface area contributed by atoms with E-state index in [4.69, 9.17) is 9.47 Å². The predicted octanol–water partition coefficient (Wildman–Crippen LogP) is 4.12. The molecule has 1 aromatic carbocycles. The molecule has 2 amide bonds. The van der Waals surface area contributed by atoms with Crippen molar-refractivity contribution in [1.82, 2.24) is 4.90 Å². The average Bonchev–Trinajstić information content (AvgIpc) is 2.67. The first-order valence-corrected chi connectivity index (χ1v) is 9.92. The molecule has 1 aromatic rings. The maximum absolute atomic E-state index is 12.8. The minimum absolute atomic E-state index is 0.00336. The van der Waals surface area contributed by atoms with E-state index in [0.29, 0.717) is 41.8 Å². The molecular formula is C23H28N2O4. The molecule has 29 heavy (non-hydrogen) atoms. The topological polar surface area (TPSA) is 79.6 Å². The van der Waals surface area contributed by atoms with Gasteiger partial charge < -0.3 is 9.47 Å². The van der Waals surface area contributed by atoms with Gasteiger partial charge in [0.25, 0.3) is 11.8 Å². The zero-order valence-electron chi connectivity index (χ0n) is 17.7. The SMILES string of the molecule is CCOc1cc(/C=C2/C(=O)N(CC)C(=O)C(C#N)=C2C)ccc1OCCC(C)C. The fraction of sp³-hybridized carbons (Fsp3) is 0.435. The maximum Gasteiger partial charge on any atom is 0.271 e. The summed E-state index contributed by atoms with van der Waals surface area (Å²) in [6, 6.07) is 7.38. The molecule has 0 N–H and O–H groups in total. The molecule has 0 bridgehead atoms. The number of hydrogen-bond donors (Lipinski definition) is 0. The Kier molecular flexibility index (Phi) is 7.60. The number of nitriles is 1. The Morgan fingerprint density at radius 3 is 2.45 bits per heavy atom. The molecule has 0 spiro atoms. The Hall–Kier alpha value is -3.07. The van der Waals surface area contributed by atoms with Gasteiger partial charge in [-0.3, -0.25) is 14.5 Å².